The van der Waals surface area contributed by atoms with Crippen LogP contribution >= 0.6 is 0 Å². The molecular formula is C13H21NO2. The first-order valence-corrected chi connectivity index (χ1v) is 5.66. The monoisotopic (exact) mass is 223 g/mol. The molecule has 0 fully saturated rings. The smallest absolute Gasteiger partial charge is 0.0670 e. The quantitative estimate of drug-likeness (QED) is 0.760. The van der Waals surface area contributed by atoms with E-state index in [4.69, 9.17) is 9.84 Å². The summed E-state index contributed by atoms with van der Waals surface area (Å²) in [6, 6.07) is 10.3. The highest BCUT2D eigenvalue weighted by Gasteiger charge is 2.09. The first kappa shape index (κ1) is 13.2. The lowest BCUT2D eigenvalue weighted by atomic mass is 10.2. The largest absolute Gasteiger partial charge is 0.395 e. The van der Waals surface area contributed by atoms with Gasteiger partial charge in [-0.05, 0) is 12.5 Å². The van der Waals surface area contributed by atoms with Crippen molar-refractivity contribution < 1.29 is 9.84 Å². The third-order valence-corrected chi connectivity index (χ3v) is 2.58. The van der Waals surface area contributed by atoms with E-state index < -0.39 is 0 Å². The average Bonchev–Trinajstić information content (AvgIpc) is 2.30. The number of methoxy groups -OCH3 is 1. The zero-order chi connectivity index (χ0) is 11.8. The standard InChI is InChI=1S/C13H21NO2/c1-12(16-2)10-14(8-9-15)11-13-6-4-3-5-7-13/h3-7,12,15H,8-11H2,1-2H3. The van der Waals surface area contributed by atoms with Crippen LogP contribution in [0.4, 0.5) is 0 Å². The number of nitrogens with zero attached hydrogens (tertiary/aromatic N) is 1. The Kier molecular flexibility index (Phi) is 6.08. The fourth-order valence-electron chi connectivity index (χ4n) is 1.66. The molecule has 0 heterocycles. The molecule has 0 amide bonds. The Bertz CT molecular complexity index is 277. The van der Waals surface area contributed by atoms with Gasteiger partial charge in [-0.3, -0.25) is 4.90 Å². The molecule has 1 aromatic rings. The molecule has 1 N–H and O–H groups in total. The molecule has 0 aliphatic carbocycles. The minimum absolute atomic E-state index is 0.184. The van der Waals surface area contributed by atoms with Crippen molar-refractivity contribution >= 4 is 0 Å². The van der Waals surface area contributed by atoms with Crippen LogP contribution in [0, 0.1) is 0 Å². The van der Waals surface area contributed by atoms with E-state index >= 15 is 0 Å². The molecule has 0 aliphatic rings. The molecule has 0 saturated heterocycles. The lowest BCUT2D eigenvalue weighted by molar-refractivity contribution is 0.0669. The van der Waals surface area contributed by atoms with Gasteiger partial charge in [-0.2, -0.15) is 0 Å². The second-order valence-electron chi connectivity index (χ2n) is 3.99. The van der Waals surface area contributed by atoms with E-state index in [1.54, 1.807) is 7.11 Å². The second kappa shape index (κ2) is 7.39. The summed E-state index contributed by atoms with van der Waals surface area (Å²) in [6.07, 6.45) is 0.190. The van der Waals surface area contributed by atoms with Crippen LogP contribution in [0.5, 0.6) is 0 Å². The van der Waals surface area contributed by atoms with Crippen LogP contribution in [0.2, 0.25) is 0 Å². The zero-order valence-electron chi connectivity index (χ0n) is 10.1. The van der Waals surface area contributed by atoms with Gasteiger partial charge in [-0.25, -0.2) is 0 Å². The molecule has 3 nitrogen and oxygen atoms in total. The molecule has 1 aromatic carbocycles. The fraction of sp³-hybridized carbons (Fsp3) is 0.538. The highest BCUT2D eigenvalue weighted by atomic mass is 16.5. The number of ether oxygens (including phenoxy) is 1. The van der Waals surface area contributed by atoms with Gasteiger partial charge in [0.1, 0.15) is 0 Å². The van der Waals surface area contributed by atoms with Crippen LogP contribution in [0.25, 0.3) is 0 Å². The number of hydrogen-bond donors (Lipinski definition) is 1. The molecule has 0 aliphatic heterocycles. The topological polar surface area (TPSA) is 32.7 Å². The second-order valence-corrected chi connectivity index (χ2v) is 3.99. The predicted molar refractivity (Wildman–Crippen MR) is 65.3 cm³/mol. The van der Waals surface area contributed by atoms with Gasteiger partial charge in [0.05, 0.1) is 12.7 Å². The fourth-order valence-corrected chi connectivity index (χ4v) is 1.66. The molecule has 90 valence electrons. The summed E-state index contributed by atoms with van der Waals surface area (Å²) < 4.78 is 5.24. The van der Waals surface area contributed by atoms with Gasteiger partial charge < -0.3 is 9.84 Å². The molecule has 0 spiro atoms. The van der Waals surface area contributed by atoms with E-state index in [-0.39, 0.29) is 12.7 Å². The molecule has 3 heteroatoms. The first-order chi connectivity index (χ1) is 7.76. The van der Waals surface area contributed by atoms with Crippen LogP contribution in [-0.2, 0) is 11.3 Å². The average molecular weight is 223 g/mol. The summed E-state index contributed by atoms with van der Waals surface area (Å²) >= 11 is 0. The number of rotatable bonds is 7. The summed E-state index contributed by atoms with van der Waals surface area (Å²) in [4.78, 5) is 2.20. The van der Waals surface area contributed by atoms with Crippen molar-refractivity contribution in [1.29, 1.82) is 0 Å². The Morgan fingerprint density at radius 2 is 2.00 bits per heavy atom. The van der Waals surface area contributed by atoms with Crippen LogP contribution in [-0.4, -0.2) is 42.9 Å². The lowest BCUT2D eigenvalue weighted by Gasteiger charge is -2.24. The molecule has 1 rings (SSSR count). The van der Waals surface area contributed by atoms with Crippen molar-refractivity contribution in [3.63, 3.8) is 0 Å². The molecule has 0 bridgehead atoms. The van der Waals surface area contributed by atoms with Gasteiger partial charge in [-0.15, -0.1) is 0 Å². The van der Waals surface area contributed by atoms with Gasteiger partial charge in [0.15, 0.2) is 0 Å². The van der Waals surface area contributed by atoms with E-state index in [2.05, 4.69) is 17.0 Å². The first-order valence-electron chi connectivity index (χ1n) is 5.66. The minimum atomic E-state index is 0.184. The zero-order valence-corrected chi connectivity index (χ0v) is 10.1. The Balaban J connectivity index is 2.50. The Morgan fingerprint density at radius 3 is 2.56 bits per heavy atom. The van der Waals surface area contributed by atoms with Crippen LogP contribution < -0.4 is 0 Å². The maximum Gasteiger partial charge on any atom is 0.0670 e. The van der Waals surface area contributed by atoms with Gasteiger partial charge in [-0.1, -0.05) is 30.3 Å². The molecule has 0 radical (unpaired) electrons. The summed E-state index contributed by atoms with van der Waals surface area (Å²) in [5.41, 5.74) is 1.26. The minimum Gasteiger partial charge on any atom is -0.395 e. The Labute approximate surface area is 97.7 Å². The van der Waals surface area contributed by atoms with Gasteiger partial charge in [0.25, 0.3) is 0 Å². The molecule has 0 aromatic heterocycles. The summed E-state index contributed by atoms with van der Waals surface area (Å²) in [6.45, 7) is 4.60. The van der Waals surface area contributed by atoms with E-state index in [9.17, 15) is 0 Å². The summed E-state index contributed by atoms with van der Waals surface area (Å²) in [7, 11) is 1.71. The van der Waals surface area contributed by atoms with Gasteiger partial charge >= 0.3 is 0 Å². The summed E-state index contributed by atoms with van der Waals surface area (Å²) in [5.74, 6) is 0. The maximum atomic E-state index is 9.02. The Morgan fingerprint density at radius 1 is 1.31 bits per heavy atom. The van der Waals surface area contributed by atoms with E-state index in [0.29, 0.717) is 6.54 Å². The normalized spacial score (nSPS) is 13.0. The van der Waals surface area contributed by atoms with Crippen LogP contribution in [0.15, 0.2) is 30.3 Å². The van der Waals surface area contributed by atoms with E-state index in [1.165, 1.54) is 5.56 Å². The highest BCUT2D eigenvalue weighted by molar-refractivity contribution is 5.14. The van der Waals surface area contributed by atoms with Crippen molar-refractivity contribution in [3.8, 4) is 0 Å². The third kappa shape index (κ3) is 4.75. The molecule has 16 heavy (non-hydrogen) atoms. The van der Waals surface area contributed by atoms with Gasteiger partial charge in [0, 0.05) is 26.7 Å². The highest BCUT2D eigenvalue weighted by Crippen LogP contribution is 2.05. The Hall–Kier alpha value is -0.900. The number of benzene rings is 1. The van der Waals surface area contributed by atoms with Crippen molar-refractivity contribution in [2.75, 3.05) is 26.8 Å². The summed E-state index contributed by atoms with van der Waals surface area (Å²) in [5, 5.41) is 9.02. The van der Waals surface area contributed by atoms with E-state index in [1.807, 2.05) is 25.1 Å². The number of hydrogen-bond acceptors (Lipinski definition) is 3. The SMILES string of the molecule is COC(C)CN(CCO)Cc1ccccc1. The number of aliphatic hydroxyl groups excluding tert-OH is 1. The molecule has 0 saturated carbocycles. The van der Waals surface area contributed by atoms with Crippen molar-refractivity contribution in [1.82, 2.24) is 4.90 Å². The maximum absolute atomic E-state index is 9.02. The van der Waals surface area contributed by atoms with Gasteiger partial charge in [0.2, 0.25) is 0 Å². The third-order valence-electron chi connectivity index (χ3n) is 2.58. The molecular weight excluding hydrogens is 202 g/mol. The predicted octanol–water partition coefficient (Wildman–Crippen LogP) is 1.52. The van der Waals surface area contributed by atoms with Crippen LogP contribution in [0.3, 0.4) is 0 Å². The van der Waals surface area contributed by atoms with E-state index in [0.717, 1.165) is 13.1 Å². The lowest BCUT2D eigenvalue weighted by Crippen LogP contribution is -2.33. The number of aliphatic hydroxyl groups is 1. The van der Waals surface area contributed by atoms with Crippen molar-refractivity contribution in [3.05, 3.63) is 35.9 Å². The molecule has 1 atom stereocenters. The van der Waals surface area contributed by atoms with Crippen molar-refractivity contribution in [2.24, 2.45) is 0 Å². The van der Waals surface area contributed by atoms with Crippen LogP contribution in [0.1, 0.15) is 12.5 Å². The van der Waals surface area contributed by atoms with Crippen molar-refractivity contribution in [2.45, 2.75) is 19.6 Å². The molecule has 1 unspecified atom stereocenters.